The monoisotopic (exact) mass is 504 g/mol. The molecule has 7 heteroatoms. The first kappa shape index (κ1) is 23.7. The maximum Gasteiger partial charge on any atom is 0.235 e. The molecule has 6 nitrogen and oxygen atoms in total. The third kappa shape index (κ3) is 4.90. The highest BCUT2D eigenvalue weighted by atomic mass is 79.9. The zero-order valence-corrected chi connectivity index (χ0v) is 21.2. The second kappa shape index (κ2) is 10.2. The summed E-state index contributed by atoms with van der Waals surface area (Å²) in [5.41, 5.74) is 7.22. The van der Waals surface area contributed by atoms with Crippen molar-refractivity contribution >= 4 is 33.4 Å². The Labute approximate surface area is 200 Å². The predicted octanol–water partition coefficient (Wildman–Crippen LogP) is 4.20. The lowest BCUT2D eigenvalue weighted by Gasteiger charge is -2.43. The van der Waals surface area contributed by atoms with E-state index in [-0.39, 0.29) is 24.3 Å². The van der Waals surface area contributed by atoms with Crippen molar-refractivity contribution in [3.05, 3.63) is 28.2 Å². The molecule has 2 aliphatic heterocycles. The number of carbonyl (C=O) groups excluding carboxylic acids is 2. The number of rotatable bonds is 6. The molecule has 2 amide bonds. The van der Waals surface area contributed by atoms with E-state index in [2.05, 4.69) is 45.5 Å². The zero-order chi connectivity index (χ0) is 22.8. The Balaban J connectivity index is 1.42. The van der Waals surface area contributed by atoms with Crippen LogP contribution in [0.2, 0.25) is 0 Å². The molecule has 1 saturated heterocycles. The molecule has 1 unspecified atom stereocenters. The summed E-state index contributed by atoms with van der Waals surface area (Å²) in [5.74, 6) is 1.18. The van der Waals surface area contributed by atoms with Crippen LogP contribution in [0.15, 0.2) is 22.7 Å². The van der Waals surface area contributed by atoms with Crippen LogP contribution in [-0.2, 0) is 9.59 Å². The van der Waals surface area contributed by atoms with Gasteiger partial charge in [-0.3, -0.25) is 15.0 Å². The number of likely N-dealkylation sites (tertiary alicyclic amines) is 1. The van der Waals surface area contributed by atoms with Crippen LogP contribution in [0, 0.1) is 11.8 Å². The fraction of sp³-hybridized carbons (Fsp3) is 0.680. The summed E-state index contributed by atoms with van der Waals surface area (Å²) in [6.07, 6.45) is 7.50. The molecule has 176 valence electrons. The number of hydrazine groups is 1. The molecule has 2 heterocycles. The highest BCUT2D eigenvalue weighted by Gasteiger charge is 2.43. The summed E-state index contributed by atoms with van der Waals surface area (Å²) in [7, 11) is 1.66. The van der Waals surface area contributed by atoms with Crippen molar-refractivity contribution in [2.75, 3.05) is 25.0 Å². The van der Waals surface area contributed by atoms with Gasteiger partial charge in [0.05, 0.1) is 5.92 Å². The van der Waals surface area contributed by atoms with E-state index in [1.165, 1.54) is 25.7 Å². The lowest BCUT2D eigenvalue weighted by Crippen LogP contribution is -2.50. The Morgan fingerprint density at radius 1 is 1.09 bits per heavy atom. The van der Waals surface area contributed by atoms with Crippen molar-refractivity contribution in [3.8, 4) is 0 Å². The third-order valence-electron chi connectivity index (χ3n) is 7.88. The number of benzene rings is 1. The number of amides is 2. The fourth-order valence-electron chi connectivity index (χ4n) is 6.04. The van der Waals surface area contributed by atoms with Gasteiger partial charge in [-0.1, -0.05) is 29.8 Å². The zero-order valence-electron chi connectivity index (χ0n) is 19.6. The van der Waals surface area contributed by atoms with Gasteiger partial charge in [-0.2, -0.15) is 0 Å². The molecule has 1 atom stereocenters. The van der Waals surface area contributed by atoms with Crippen molar-refractivity contribution in [1.29, 1.82) is 0 Å². The number of halogens is 1. The van der Waals surface area contributed by atoms with E-state index in [9.17, 15) is 9.59 Å². The highest BCUT2D eigenvalue weighted by molar-refractivity contribution is 9.10. The van der Waals surface area contributed by atoms with Crippen LogP contribution < -0.4 is 15.8 Å². The van der Waals surface area contributed by atoms with Crippen molar-refractivity contribution in [1.82, 2.24) is 15.8 Å². The lowest BCUT2D eigenvalue weighted by atomic mass is 9.79. The van der Waals surface area contributed by atoms with Gasteiger partial charge in [-0.25, -0.2) is 5.43 Å². The standard InChI is InChI=1S/C25H37BrN4O2/c1-16(2)17-4-7-19(8-5-17)29-12-10-20(11-13-29)30-23-9-6-18(26)14-21(23)22(25(30)32)15-24(31)28-27-3/h6,9,14,16-17,19-20,22,27H,4-5,7-8,10-13,15H2,1-3H3,(H,28,31). The van der Waals surface area contributed by atoms with Crippen LogP contribution >= 0.6 is 15.9 Å². The predicted molar refractivity (Wildman–Crippen MR) is 131 cm³/mol. The molecule has 1 aliphatic carbocycles. The van der Waals surface area contributed by atoms with E-state index >= 15 is 0 Å². The Bertz CT molecular complexity index is 829. The Morgan fingerprint density at radius 3 is 2.41 bits per heavy atom. The van der Waals surface area contributed by atoms with Crippen molar-refractivity contribution in [3.63, 3.8) is 0 Å². The summed E-state index contributed by atoms with van der Waals surface area (Å²) in [5, 5.41) is 0. The number of nitrogens with zero attached hydrogens (tertiary/aromatic N) is 2. The quantitative estimate of drug-likeness (QED) is 0.569. The molecule has 1 aromatic carbocycles. The fourth-order valence-corrected chi connectivity index (χ4v) is 6.41. The van der Waals surface area contributed by atoms with Gasteiger partial charge in [-0.05, 0) is 74.1 Å². The van der Waals surface area contributed by atoms with Gasteiger partial charge >= 0.3 is 0 Å². The molecule has 32 heavy (non-hydrogen) atoms. The molecule has 2 N–H and O–H groups in total. The average molecular weight is 506 g/mol. The minimum Gasteiger partial charge on any atom is -0.308 e. The highest BCUT2D eigenvalue weighted by Crippen LogP contribution is 2.43. The van der Waals surface area contributed by atoms with Crippen LogP contribution in [0.4, 0.5) is 5.69 Å². The summed E-state index contributed by atoms with van der Waals surface area (Å²) in [4.78, 5) is 30.4. The normalized spacial score (nSPS) is 27.1. The number of piperidine rings is 1. The van der Waals surface area contributed by atoms with E-state index in [0.29, 0.717) is 6.04 Å². The first-order valence-electron chi connectivity index (χ1n) is 12.2. The molecule has 0 aromatic heterocycles. The summed E-state index contributed by atoms with van der Waals surface area (Å²) >= 11 is 3.54. The summed E-state index contributed by atoms with van der Waals surface area (Å²) in [6, 6.07) is 6.96. The topological polar surface area (TPSA) is 64.7 Å². The SMILES string of the molecule is CNNC(=O)CC1C(=O)N(C2CCN(C3CCC(C(C)C)CC3)CC2)c2ccc(Br)cc21. The van der Waals surface area contributed by atoms with Gasteiger partial charge in [0.25, 0.3) is 0 Å². The van der Waals surface area contributed by atoms with Crippen LogP contribution in [0.1, 0.15) is 70.3 Å². The number of hydrogen-bond donors (Lipinski definition) is 2. The van der Waals surface area contributed by atoms with E-state index in [0.717, 1.165) is 53.5 Å². The van der Waals surface area contributed by atoms with E-state index < -0.39 is 5.92 Å². The molecule has 0 bridgehead atoms. The number of carbonyl (C=O) groups is 2. The second-order valence-corrected chi connectivity index (χ2v) is 11.0. The van der Waals surface area contributed by atoms with Gasteiger partial charge in [0.2, 0.25) is 11.8 Å². The maximum absolute atomic E-state index is 13.5. The molecule has 4 rings (SSSR count). The van der Waals surface area contributed by atoms with Gasteiger partial charge in [-0.15, -0.1) is 0 Å². The summed E-state index contributed by atoms with van der Waals surface area (Å²) < 4.78 is 0.941. The third-order valence-corrected chi connectivity index (χ3v) is 8.37. The van der Waals surface area contributed by atoms with Crippen LogP contribution in [-0.4, -0.2) is 48.9 Å². The molecule has 0 spiro atoms. The van der Waals surface area contributed by atoms with Gasteiger partial charge < -0.3 is 9.80 Å². The molecular formula is C25H37BrN4O2. The molecular weight excluding hydrogens is 468 g/mol. The molecule has 1 aromatic rings. The number of anilines is 1. The van der Waals surface area contributed by atoms with Gasteiger partial charge in [0, 0.05) is 48.8 Å². The number of fused-ring (bicyclic) bond motifs is 1. The first-order valence-corrected chi connectivity index (χ1v) is 13.0. The van der Waals surface area contributed by atoms with E-state index in [1.54, 1.807) is 7.05 Å². The van der Waals surface area contributed by atoms with Crippen LogP contribution in [0.3, 0.4) is 0 Å². The van der Waals surface area contributed by atoms with Gasteiger partial charge in [0.1, 0.15) is 0 Å². The van der Waals surface area contributed by atoms with Crippen molar-refractivity contribution in [2.45, 2.75) is 76.8 Å². The molecule has 1 saturated carbocycles. The second-order valence-electron chi connectivity index (χ2n) is 10.0. The first-order chi connectivity index (χ1) is 15.4. The smallest absolute Gasteiger partial charge is 0.235 e. The van der Waals surface area contributed by atoms with E-state index in [4.69, 9.17) is 0 Å². The van der Waals surface area contributed by atoms with Gasteiger partial charge in [0.15, 0.2) is 0 Å². The summed E-state index contributed by atoms with van der Waals surface area (Å²) in [6.45, 7) is 6.83. The Hall–Kier alpha value is -1.44. The maximum atomic E-state index is 13.5. The average Bonchev–Trinajstić information content (AvgIpc) is 3.05. The Morgan fingerprint density at radius 2 is 1.78 bits per heavy atom. The lowest BCUT2D eigenvalue weighted by molar-refractivity contribution is -0.126. The van der Waals surface area contributed by atoms with E-state index in [1.807, 2.05) is 23.1 Å². The van der Waals surface area contributed by atoms with Crippen LogP contribution in [0.25, 0.3) is 0 Å². The number of hydrogen-bond acceptors (Lipinski definition) is 4. The number of nitrogens with one attached hydrogen (secondary N) is 2. The molecule has 3 aliphatic rings. The largest absolute Gasteiger partial charge is 0.308 e. The molecule has 2 fully saturated rings. The van der Waals surface area contributed by atoms with Crippen LogP contribution in [0.5, 0.6) is 0 Å². The minimum atomic E-state index is -0.416. The van der Waals surface area contributed by atoms with Crippen molar-refractivity contribution < 1.29 is 9.59 Å². The molecule has 0 radical (unpaired) electrons. The van der Waals surface area contributed by atoms with Crippen molar-refractivity contribution in [2.24, 2.45) is 11.8 Å². The Kier molecular flexibility index (Phi) is 7.58. The minimum absolute atomic E-state index is 0.0697.